The van der Waals surface area contributed by atoms with E-state index in [0.717, 1.165) is 6.42 Å². The molecule has 3 amide bonds. The lowest BCUT2D eigenvalue weighted by atomic mass is 10.1. The Morgan fingerprint density at radius 2 is 1.72 bits per heavy atom. The van der Waals surface area contributed by atoms with Crippen LogP contribution in [0.3, 0.4) is 0 Å². The predicted octanol–water partition coefficient (Wildman–Crippen LogP) is -3.17. The number of nitrogens with one attached hydrogen (secondary N) is 4. The van der Waals surface area contributed by atoms with Crippen molar-refractivity contribution in [2.75, 3.05) is 13.1 Å². The minimum atomic E-state index is -1.42. The summed E-state index contributed by atoms with van der Waals surface area (Å²) in [7, 11) is 0. The first kappa shape index (κ1) is 26.6. The minimum Gasteiger partial charge on any atom is -0.481 e. The first-order valence-corrected chi connectivity index (χ1v) is 10.2. The first-order chi connectivity index (χ1) is 15.0. The summed E-state index contributed by atoms with van der Waals surface area (Å²) in [5.41, 5.74) is 10.5. The summed E-state index contributed by atoms with van der Waals surface area (Å²) in [6.45, 7) is 2.04. The van der Waals surface area contributed by atoms with Crippen molar-refractivity contribution in [3.05, 3.63) is 0 Å². The van der Waals surface area contributed by atoms with E-state index in [0.29, 0.717) is 13.0 Å². The predicted molar refractivity (Wildman–Crippen MR) is 112 cm³/mol. The highest BCUT2D eigenvalue weighted by molar-refractivity contribution is 5.95. The van der Waals surface area contributed by atoms with Crippen LogP contribution in [0, 0.1) is 0 Å². The van der Waals surface area contributed by atoms with Crippen molar-refractivity contribution in [2.24, 2.45) is 16.5 Å². The molecule has 180 valence electrons. The van der Waals surface area contributed by atoms with E-state index in [1.54, 1.807) is 0 Å². The number of hydrogen-bond acceptors (Lipinski definition) is 7. The Kier molecular flexibility index (Phi) is 10.9. The fourth-order valence-corrected chi connectivity index (χ4v) is 2.98. The topological polar surface area (TPSA) is 238 Å². The van der Waals surface area contributed by atoms with Crippen molar-refractivity contribution in [1.82, 2.24) is 21.3 Å². The SMILES string of the molecule is CC(NC(=O)C(CCCN=C(N)N)NC(=O)C(CC(=O)O)NC(=O)C1CCCN1)C(=O)O. The Bertz CT molecular complexity index is 733. The molecule has 10 N–H and O–H groups in total. The number of carboxylic acid groups (broad SMARTS) is 2. The summed E-state index contributed by atoms with van der Waals surface area (Å²) in [6.07, 6.45) is 0.931. The third-order valence-electron chi connectivity index (χ3n) is 4.70. The molecule has 4 atom stereocenters. The second-order valence-corrected chi connectivity index (χ2v) is 7.39. The summed E-state index contributed by atoms with van der Waals surface area (Å²) in [5, 5.41) is 28.1. The summed E-state index contributed by atoms with van der Waals surface area (Å²) in [4.78, 5) is 63.6. The molecule has 4 unspecified atom stereocenters. The highest BCUT2D eigenvalue weighted by atomic mass is 16.4. The number of amides is 3. The fraction of sp³-hybridized carbons (Fsp3) is 0.667. The fourth-order valence-electron chi connectivity index (χ4n) is 2.98. The molecule has 1 saturated heterocycles. The number of aliphatic carboxylic acids is 2. The zero-order chi connectivity index (χ0) is 24.3. The molecule has 1 aliphatic rings. The van der Waals surface area contributed by atoms with Crippen molar-refractivity contribution < 1.29 is 34.2 Å². The maximum Gasteiger partial charge on any atom is 0.325 e. The number of hydrogen-bond donors (Lipinski definition) is 8. The minimum absolute atomic E-state index is 0.0403. The van der Waals surface area contributed by atoms with Gasteiger partial charge in [-0.05, 0) is 39.2 Å². The van der Waals surface area contributed by atoms with Crippen molar-refractivity contribution in [2.45, 2.75) is 63.2 Å². The summed E-state index contributed by atoms with van der Waals surface area (Å²) < 4.78 is 0. The van der Waals surface area contributed by atoms with Crippen molar-refractivity contribution >= 4 is 35.6 Å². The van der Waals surface area contributed by atoms with Gasteiger partial charge in [0, 0.05) is 6.54 Å². The van der Waals surface area contributed by atoms with Gasteiger partial charge in [-0.1, -0.05) is 0 Å². The van der Waals surface area contributed by atoms with Gasteiger partial charge in [-0.15, -0.1) is 0 Å². The zero-order valence-electron chi connectivity index (χ0n) is 17.8. The Morgan fingerprint density at radius 3 is 2.25 bits per heavy atom. The maximum absolute atomic E-state index is 12.7. The van der Waals surface area contributed by atoms with Gasteiger partial charge in [-0.2, -0.15) is 0 Å². The van der Waals surface area contributed by atoms with E-state index < -0.39 is 60.2 Å². The highest BCUT2D eigenvalue weighted by Gasteiger charge is 2.31. The van der Waals surface area contributed by atoms with Gasteiger partial charge in [-0.3, -0.25) is 29.0 Å². The number of carbonyl (C=O) groups excluding carboxylic acids is 3. The summed E-state index contributed by atoms with van der Waals surface area (Å²) in [5.74, 6) is -4.93. The van der Waals surface area contributed by atoms with Gasteiger partial charge in [-0.25, -0.2) is 0 Å². The van der Waals surface area contributed by atoms with Gasteiger partial charge in [0.25, 0.3) is 0 Å². The zero-order valence-corrected chi connectivity index (χ0v) is 17.8. The average Bonchev–Trinajstić information content (AvgIpc) is 3.23. The number of rotatable bonds is 13. The van der Waals surface area contributed by atoms with Crippen LogP contribution in [0.15, 0.2) is 4.99 Å². The van der Waals surface area contributed by atoms with Crippen LogP contribution in [0.25, 0.3) is 0 Å². The van der Waals surface area contributed by atoms with Crippen LogP contribution >= 0.6 is 0 Å². The Hall–Kier alpha value is -3.42. The van der Waals surface area contributed by atoms with Gasteiger partial charge >= 0.3 is 11.9 Å². The van der Waals surface area contributed by atoms with Crippen LogP contribution in [0.1, 0.15) is 39.0 Å². The number of carbonyl (C=O) groups is 5. The molecule has 0 aromatic carbocycles. The van der Waals surface area contributed by atoms with Crippen LogP contribution in [0.2, 0.25) is 0 Å². The van der Waals surface area contributed by atoms with E-state index in [-0.39, 0.29) is 25.3 Å². The number of nitrogens with zero attached hydrogens (tertiary/aromatic N) is 1. The van der Waals surface area contributed by atoms with Crippen LogP contribution in [-0.2, 0) is 24.0 Å². The monoisotopic (exact) mass is 457 g/mol. The van der Waals surface area contributed by atoms with Crippen LogP contribution < -0.4 is 32.7 Å². The van der Waals surface area contributed by atoms with Crippen LogP contribution in [0.4, 0.5) is 0 Å². The lowest BCUT2D eigenvalue weighted by Crippen LogP contribution is -2.57. The molecule has 0 spiro atoms. The molecule has 0 aromatic heterocycles. The van der Waals surface area contributed by atoms with Gasteiger partial charge in [0.2, 0.25) is 17.7 Å². The maximum atomic E-state index is 12.7. The van der Waals surface area contributed by atoms with Gasteiger partial charge < -0.3 is 42.9 Å². The second kappa shape index (κ2) is 13.1. The normalized spacial score (nSPS) is 18.0. The van der Waals surface area contributed by atoms with Gasteiger partial charge in [0.15, 0.2) is 5.96 Å². The van der Waals surface area contributed by atoms with Crippen molar-refractivity contribution in [3.8, 4) is 0 Å². The molecule has 0 bridgehead atoms. The number of carboxylic acids is 2. The standard InChI is InChI=1S/C18H31N7O7/c1-9(17(31)32)23-15(29)11(5-3-7-22-18(19)20)24-16(30)12(8-13(26)27)25-14(28)10-4-2-6-21-10/h9-12,21H,2-8H2,1H3,(H,23,29)(H,24,30)(H,25,28)(H,26,27)(H,31,32)(H4,19,20,22). The van der Waals surface area contributed by atoms with Crippen molar-refractivity contribution in [1.29, 1.82) is 0 Å². The highest BCUT2D eigenvalue weighted by Crippen LogP contribution is 2.07. The molecule has 0 aliphatic carbocycles. The number of guanidine groups is 1. The molecular formula is C18H31N7O7. The molecule has 0 aromatic rings. The Labute approximate surface area is 184 Å². The molecule has 0 saturated carbocycles. The molecule has 14 nitrogen and oxygen atoms in total. The first-order valence-electron chi connectivity index (χ1n) is 10.2. The van der Waals surface area contributed by atoms with E-state index >= 15 is 0 Å². The van der Waals surface area contributed by atoms with Crippen LogP contribution in [0.5, 0.6) is 0 Å². The van der Waals surface area contributed by atoms with Crippen molar-refractivity contribution in [3.63, 3.8) is 0 Å². The van der Waals surface area contributed by atoms with E-state index in [9.17, 15) is 24.0 Å². The molecule has 1 aliphatic heterocycles. The number of nitrogens with two attached hydrogens (primary N) is 2. The second-order valence-electron chi connectivity index (χ2n) is 7.39. The summed E-state index contributed by atoms with van der Waals surface area (Å²) >= 11 is 0. The average molecular weight is 457 g/mol. The van der Waals surface area contributed by atoms with Crippen LogP contribution in [-0.4, -0.2) is 83.1 Å². The molecule has 1 fully saturated rings. The van der Waals surface area contributed by atoms with E-state index in [1.807, 2.05) is 0 Å². The third-order valence-corrected chi connectivity index (χ3v) is 4.70. The third kappa shape index (κ3) is 9.59. The quantitative estimate of drug-likeness (QED) is 0.0783. The molecule has 1 heterocycles. The lowest BCUT2D eigenvalue weighted by molar-refractivity contribution is -0.143. The molecular weight excluding hydrogens is 426 g/mol. The Balaban J connectivity index is 2.88. The van der Waals surface area contributed by atoms with Gasteiger partial charge in [0.1, 0.15) is 18.1 Å². The number of aliphatic imine (C=N–C) groups is 1. The Morgan fingerprint density at radius 1 is 1.06 bits per heavy atom. The smallest absolute Gasteiger partial charge is 0.325 e. The van der Waals surface area contributed by atoms with E-state index in [4.69, 9.17) is 21.7 Å². The lowest BCUT2D eigenvalue weighted by Gasteiger charge is -2.24. The van der Waals surface area contributed by atoms with Gasteiger partial charge in [0.05, 0.1) is 12.5 Å². The van der Waals surface area contributed by atoms with E-state index in [2.05, 4.69) is 26.3 Å². The molecule has 0 radical (unpaired) electrons. The van der Waals surface area contributed by atoms with E-state index in [1.165, 1.54) is 6.92 Å². The largest absolute Gasteiger partial charge is 0.481 e. The molecule has 1 rings (SSSR count). The molecule has 32 heavy (non-hydrogen) atoms. The summed E-state index contributed by atoms with van der Waals surface area (Å²) in [6, 6.07) is -4.37. The molecule has 14 heteroatoms.